The van der Waals surface area contributed by atoms with Gasteiger partial charge >= 0.3 is 0 Å². The van der Waals surface area contributed by atoms with Gasteiger partial charge < -0.3 is 4.74 Å². The van der Waals surface area contributed by atoms with E-state index in [0.29, 0.717) is 12.5 Å². The van der Waals surface area contributed by atoms with Crippen molar-refractivity contribution in [3.8, 4) is 5.75 Å². The summed E-state index contributed by atoms with van der Waals surface area (Å²) < 4.78 is 5.53. The van der Waals surface area contributed by atoms with E-state index in [-0.39, 0.29) is 11.7 Å². The third-order valence-electron chi connectivity index (χ3n) is 4.06. The Morgan fingerprint density at radius 2 is 1.95 bits per heavy atom. The Kier molecular flexibility index (Phi) is 3.78. The van der Waals surface area contributed by atoms with Gasteiger partial charge in [-0.1, -0.05) is 42.0 Å². The van der Waals surface area contributed by atoms with Gasteiger partial charge in [-0.15, -0.1) is 0 Å². The number of Topliss-reactive ketones (excluding diaryl/α,β-unsaturated/α-hetero) is 1. The highest BCUT2D eigenvalue weighted by Gasteiger charge is 2.44. The molecule has 0 bridgehead atoms. The summed E-state index contributed by atoms with van der Waals surface area (Å²) >= 11 is 0. The third-order valence-corrected chi connectivity index (χ3v) is 4.06. The lowest BCUT2D eigenvalue weighted by atomic mass is 10.0. The fourth-order valence-electron chi connectivity index (χ4n) is 2.79. The second-order valence-electron chi connectivity index (χ2n) is 5.68. The molecule has 2 nitrogen and oxygen atoms in total. The van der Waals surface area contributed by atoms with Crippen LogP contribution in [0.25, 0.3) is 0 Å². The molecular formula is C19H20O2. The monoisotopic (exact) mass is 280 g/mol. The number of ketones is 1. The largest absolute Gasteiger partial charge is 0.494 e. The second-order valence-corrected chi connectivity index (χ2v) is 5.68. The van der Waals surface area contributed by atoms with Crippen LogP contribution in [0.1, 0.15) is 40.7 Å². The molecule has 21 heavy (non-hydrogen) atoms. The zero-order valence-electron chi connectivity index (χ0n) is 12.5. The molecule has 3 rings (SSSR count). The van der Waals surface area contributed by atoms with Gasteiger partial charge in [-0.05, 0) is 43.9 Å². The van der Waals surface area contributed by atoms with Crippen LogP contribution in [-0.4, -0.2) is 12.4 Å². The molecule has 0 amide bonds. The minimum absolute atomic E-state index is 0.129. The van der Waals surface area contributed by atoms with Gasteiger partial charge in [-0.25, -0.2) is 0 Å². The molecule has 2 aromatic carbocycles. The molecule has 0 radical (unpaired) electrons. The lowest BCUT2D eigenvalue weighted by molar-refractivity contribution is 0.0965. The van der Waals surface area contributed by atoms with Crippen LogP contribution in [0, 0.1) is 12.8 Å². The highest BCUT2D eigenvalue weighted by molar-refractivity contribution is 6.00. The van der Waals surface area contributed by atoms with Gasteiger partial charge in [-0.3, -0.25) is 4.79 Å². The number of hydrogen-bond acceptors (Lipinski definition) is 2. The zero-order valence-corrected chi connectivity index (χ0v) is 12.5. The molecule has 1 aliphatic rings. The first-order chi connectivity index (χ1) is 10.2. The average molecular weight is 280 g/mol. The van der Waals surface area contributed by atoms with Crippen molar-refractivity contribution in [3.05, 3.63) is 65.2 Å². The average Bonchev–Trinajstić information content (AvgIpc) is 3.28. The number of carbonyl (C=O) groups is 1. The molecular weight excluding hydrogens is 260 g/mol. The van der Waals surface area contributed by atoms with Crippen LogP contribution in [0.15, 0.2) is 48.5 Å². The number of rotatable bonds is 5. The molecule has 0 aromatic heterocycles. The molecule has 2 heteroatoms. The summed E-state index contributed by atoms with van der Waals surface area (Å²) in [5.41, 5.74) is 3.23. The summed E-state index contributed by atoms with van der Waals surface area (Å²) in [6.45, 7) is 4.68. The van der Waals surface area contributed by atoms with E-state index in [0.717, 1.165) is 17.7 Å². The molecule has 0 spiro atoms. The SMILES string of the molecule is CCOc1cccc(C2CC2C(=O)c2ccc(C)cc2)c1. The second kappa shape index (κ2) is 5.72. The first-order valence-electron chi connectivity index (χ1n) is 7.52. The summed E-state index contributed by atoms with van der Waals surface area (Å²) in [7, 11) is 0. The predicted molar refractivity (Wildman–Crippen MR) is 84.0 cm³/mol. The van der Waals surface area contributed by atoms with E-state index in [4.69, 9.17) is 4.74 Å². The smallest absolute Gasteiger partial charge is 0.166 e. The Morgan fingerprint density at radius 1 is 1.19 bits per heavy atom. The molecule has 0 N–H and O–H groups in total. The molecule has 2 aromatic rings. The van der Waals surface area contributed by atoms with E-state index in [1.807, 2.05) is 50.2 Å². The van der Waals surface area contributed by atoms with Crippen molar-refractivity contribution in [2.24, 2.45) is 5.92 Å². The van der Waals surface area contributed by atoms with Gasteiger partial charge in [0.1, 0.15) is 5.75 Å². The van der Waals surface area contributed by atoms with Crippen LogP contribution >= 0.6 is 0 Å². The predicted octanol–water partition coefficient (Wildman–Crippen LogP) is 4.38. The summed E-state index contributed by atoms with van der Waals surface area (Å²) in [6, 6.07) is 16.0. The highest BCUT2D eigenvalue weighted by atomic mass is 16.5. The van der Waals surface area contributed by atoms with E-state index in [1.54, 1.807) is 0 Å². The Balaban J connectivity index is 1.72. The first-order valence-corrected chi connectivity index (χ1v) is 7.52. The van der Waals surface area contributed by atoms with Crippen LogP contribution in [-0.2, 0) is 0 Å². The van der Waals surface area contributed by atoms with E-state index in [9.17, 15) is 4.79 Å². The quantitative estimate of drug-likeness (QED) is 0.760. The van der Waals surface area contributed by atoms with E-state index < -0.39 is 0 Å². The lowest BCUT2D eigenvalue weighted by Gasteiger charge is -2.06. The fourth-order valence-corrected chi connectivity index (χ4v) is 2.79. The minimum Gasteiger partial charge on any atom is -0.494 e. The Bertz CT molecular complexity index is 643. The molecule has 2 unspecified atom stereocenters. The Morgan fingerprint density at radius 3 is 2.67 bits per heavy atom. The van der Waals surface area contributed by atoms with Crippen LogP contribution in [0.5, 0.6) is 5.75 Å². The summed E-state index contributed by atoms with van der Waals surface area (Å²) in [6.07, 6.45) is 0.947. The van der Waals surface area contributed by atoms with E-state index in [2.05, 4.69) is 12.1 Å². The molecule has 0 saturated heterocycles. The zero-order chi connectivity index (χ0) is 14.8. The molecule has 108 valence electrons. The maximum Gasteiger partial charge on any atom is 0.166 e. The van der Waals surface area contributed by atoms with Crippen molar-refractivity contribution in [1.29, 1.82) is 0 Å². The van der Waals surface area contributed by atoms with Crippen LogP contribution in [0.3, 0.4) is 0 Å². The van der Waals surface area contributed by atoms with E-state index >= 15 is 0 Å². The van der Waals surface area contributed by atoms with Crippen molar-refractivity contribution < 1.29 is 9.53 Å². The van der Waals surface area contributed by atoms with Crippen molar-refractivity contribution in [1.82, 2.24) is 0 Å². The van der Waals surface area contributed by atoms with E-state index in [1.165, 1.54) is 11.1 Å². The summed E-state index contributed by atoms with van der Waals surface area (Å²) in [4.78, 5) is 12.5. The van der Waals surface area contributed by atoms with Gasteiger partial charge in [0, 0.05) is 11.5 Å². The van der Waals surface area contributed by atoms with Gasteiger partial charge in [0.15, 0.2) is 5.78 Å². The van der Waals surface area contributed by atoms with Crippen molar-refractivity contribution in [3.63, 3.8) is 0 Å². The maximum atomic E-state index is 12.5. The highest BCUT2D eigenvalue weighted by Crippen LogP contribution is 2.49. The van der Waals surface area contributed by atoms with Gasteiger partial charge in [0.2, 0.25) is 0 Å². The molecule has 0 aliphatic heterocycles. The Hall–Kier alpha value is -2.09. The van der Waals surface area contributed by atoms with Crippen LogP contribution in [0.2, 0.25) is 0 Å². The van der Waals surface area contributed by atoms with Gasteiger partial charge in [-0.2, -0.15) is 0 Å². The maximum absolute atomic E-state index is 12.5. The van der Waals surface area contributed by atoms with Gasteiger partial charge in [0.25, 0.3) is 0 Å². The minimum atomic E-state index is 0.129. The van der Waals surface area contributed by atoms with Crippen molar-refractivity contribution in [2.45, 2.75) is 26.2 Å². The van der Waals surface area contributed by atoms with Gasteiger partial charge in [0.05, 0.1) is 6.61 Å². The number of benzene rings is 2. The molecule has 0 heterocycles. The Labute approximate surface area is 125 Å². The lowest BCUT2D eigenvalue weighted by Crippen LogP contribution is -2.03. The molecule has 2 atom stereocenters. The van der Waals surface area contributed by atoms with Crippen molar-refractivity contribution in [2.75, 3.05) is 6.61 Å². The summed E-state index contributed by atoms with van der Waals surface area (Å²) in [5, 5.41) is 0. The number of aryl methyl sites for hydroxylation is 1. The third kappa shape index (κ3) is 2.99. The molecule has 1 saturated carbocycles. The fraction of sp³-hybridized carbons (Fsp3) is 0.316. The summed E-state index contributed by atoms with van der Waals surface area (Å²) in [5.74, 6) is 1.63. The first kappa shape index (κ1) is 13.9. The topological polar surface area (TPSA) is 26.3 Å². The number of ether oxygens (including phenoxy) is 1. The van der Waals surface area contributed by atoms with Crippen LogP contribution in [0.4, 0.5) is 0 Å². The van der Waals surface area contributed by atoms with Crippen LogP contribution < -0.4 is 4.74 Å². The standard InChI is InChI=1S/C19H20O2/c1-3-21-16-6-4-5-15(11-16)17-12-18(17)19(20)14-9-7-13(2)8-10-14/h4-11,17-18H,3,12H2,1-2H3. The normalized spacial score (nSPS) is 20.1. The number of hydrogen-bond donors (Lipinski definition) is 0. The van der Waals surface area contributed by atoms with Crippen molar-refractivity contribution >= 4 is 5.78 Å². The molecule has 1 aliphatic carbocycles. The molecule has 1 fully saturated rings. The number of carbonyl (C=O) groups excluding carboxylic acids is 1.